The quantitative estimate of drug-likeness (QED) is 0.554. The monoisotopic (exact) mass is 369 g/mol. The van der Waals surface area contributed by atoms with Crippen molar-refractivity contribution in [3.63, 3.8) is 0 Å². The van der Waals surface area contributed by atoms with E-state index in [1.165, 1.54) is 0 Å². The molecule has 25 heavy (non-hydrogen) atoms. The molecule has 2 aromatic carbocycles. The van der Waals surface area contributed by atoms with Crippen LogP contribution >= 0.6 is 22.9 Å². The van der Waals surface area contributed by atoms with Gasteiger partial charge in [-0.15, -0.1) is 10.2 Å². The average Bonchev–Trinajstić information content (AvgIpc) is 3.21. The molecule has 0 radical (unpaired) electrons. The maximum atomic E-state index is 6.03. The van der Waals surface area contributed by atoms with E-state index in [0.29, 0.717) is 11.6 Å². The van der Waals surface area contributed by atoms with Gasteiger partial charge in [0.1, 0.15) is 10.8 Å². The van der Waals surface area contributed by atoms with Crippen LogP contribution in [0, 0.1) is 0 Å². The molecule has 7 heteroatoms. The smallest absolute Gasteiger partial charge is 0.205 e. The fourth-order valence-electron chi connectivity index (χ4n) is 2.73. The summed E-state index contributed by atoms with van der Waals surface area (Å²) in [5, 5.41) is 14.2. The average molecular weight is 370 g/mol. The van der Waals surface area contributed by atoms with Gasteiger partial charge in [-0.2, -0.15) is 0 Å². The Balaban J connectivity index is 1.79. The molecule has 0 aliphatic rings. The van der Waals surface area contributed by atoms with Crippen molar-refractivity contribution < 1.29 is 0 Å². The highest BCUT2D eigenvalue weighted by atomic mass is 35.5. The van der Waals surface area contributed by atoms with E-state index in [2.05, 4.69) is 26.1 Å². The van der Waals surface area contributed by atoms with Gasteiger partial charge in [-0.25, -0.2) is 4.98 Å². The zero-order chi connectivity index (χ0) is 17.2. The molecule has 0 amide bonds. The third-order valence-corrected chi connectivity index (χ3v) is 4.96. The Labute approximate surface area is 154 Å². The molecular weight excluding hydrogens is 354 g/mol. The molecule has 126 valence electrons. The number of nitrogens with zero attached hydrogens (tertiary/aromatic N) is 4. The lowest BCUT2D eigenvalue weighted by Crippen LogP contribution is -2.02. The predicted octanol–water partition coefficient (Wildman–Crippen LogP) is 4.69. The van der Waals surface area contributed by atoms with Gasteiger partial charge in [0.05, 0.1) is 17.6 Å². The minimum absolute atomic E-state index is 0.627. The molecule has 0 aliphatic heterocycles. The van der Waals surface area contributed by atoms with Crippen LogP contribution < -0.4 is 5.32 Å². The normalized spacial score (nSPS) is 11.1. The fraction of sp³-hybridized carbons (Fsp3) is 0.167. The predicted molar refractivity (Wildman–Crippen MR) is 103 cm³/mol. The van der Waals surface area contributed by atoms with Crippen LogP contribution in [0.1, 0.15) is 11.9 Å². The van der Waals surface area contributed by atoms with Gasteiger partial charge in [-0.3, -0.25) is 0 Å². The van der Waals surface area contributed by atoms with Crippen molar-refractivity contribution in [2.75, 3.05) is 11.9 Å². The van der Waals surface area contributed by atoms with Gasteiger partial charge in [0.15, 0.2) is 0 Å². The van der Waals surface area contributed by atoms with E-state index >= 15 is 0 Å². The molecule has 0 bridgehead atoms. The fourth-order valence-corrected chi connectivity index (χ4v) is 3.65. The summed E-state index contributed by atoms with van der Waals surface area (Å²) >= 11 is 7.60. The molecule has 2 aromatic heterocycles. The van der Waals surface area contributed by atoms with Gasteiger partial charge < -0.3 is 9.88 Å². The Hall–Kier alpha value is -2.44. The highest BCUT2D eigenvalue weighted by Gasteiger charge is 2.14. The number of nitrogens with one attached hydrogen (secondary N) is 1. The number of rotatable bonds is 5. The molecule has 1 N–H and O–H groups in total. The van der Waals surface area contributed by atoms with E-state index in [9.17, 15) is 0 Å². The topological polar surface area (TPSA) is 55.6 Å². The molecule has 0 unspecified atom stereocenters. The molecule has 0 spiro atoms. The molecule has 0 fully saturated rings. The summed E-state index contributed by atoms with van der Waals surface area (Å²) in [6.07, 6.45) is 0. The van der Waals surface area contributed by atoms with Gasteiger partial charge in [-0.05, 0) is 43.3 Å². The summed E-state index contributed by atoms with van der Waals surface area (Å²) in [5.74, 6) is 0.901. The van der Waals surface area contributed by atoms with E-state index in [4.69, 9.17) is 16.6 Å². The summed E-state index contributed by atoms with van der Waals surface area (Å²) in [6, 6.07) is 15.9. The third kappa shape index (κ3) is 3.23. The van der Waals surface area contributed by atoms with Gasteiger partial charge in [-0.1, -0.05) is 35.1 Å². The lowest BCUT2D eigenvalue weighted by atomic mass is 10.2. The molecule has 5 nitrogen and oxygen atoms in total. The Bertz CT molecular complexity index is 1010. The van der Waals surface area contributed by atoms with Gasteiger partial charge in [0, 0.05) is 17.1 Å². The highest BCUT2D eigenvalue weighted by molar-refractivity contribution is 7.15. The van der Waals surface area contributed by atoms with E-state index < -0.39 is 0 Å². The molecule has 0 aliphatic carbocycles. The van der Waals surface area contributed by atoms with Crippen molar-refractivity contribution in [3.05, 3.63) is 58.6 Å². The Morgan fingerprint density at radius 3 is 2.68 bits per heavy atom. The minimum atomic E-state index is 0.627. The van der Waals surface area contributed by atoms with Crippen LogP contribution in [0.2, 0.25) is 5.02 Å². The van der Waals surface area contributed by atoms with E-state index in [-0.39, 0.29) is 0 Å². The van der Waals surface area contributed by atoms with Crippen molar-refractivity contribution in [1.82, 2.24) is 19.7 Å². The highest BCUT2D eigenvalue weighted by Crippen LogP contribution is 2.28. The molecule has 4 rings (SSSR count). The number of hydrogen-bond donors (Lipinski definition) is 1. The summed E-state index contributed by atoms with van der Waals surface area (Å²) in [7, 11) is 0. The van der Waals surface area contributed by atoms with Crippen molar-refractivity contribution in [2.45, 2.75) is 13.5 Å². The summed E-state index contributed by atoms with van der Waals surface area (Å²) in [6.45, 7) is 3.50. The number of fused-ring (bicyclic) bond motifs is 1. The summed E-state index contributed by atoms with van der Waals surface area (Å²) in [5.41, 5.74) is 3.06. The Morgan fingerprint density at radius 1 is 1.08 bits per heavy atom. The first kappa shape index (κ1) is 16.1. The second-order valence-electron chi connectivity index (χ2n) is 5.55. The van der Waals surface area contributed by atoms with Gasteiger partial charge in [0.2, 0.25) is 5.13 Å². The molecule has 0 saturated heterocycles. The van der Waals surface area contributed by atoms with E-state index in [0.717, 1.165) is 39.1 Å². The Morgan fingerprint density at radius 2 is 1.88 bits per heavy atom. The number of benzene rings is 2. The summed E-state index contributed by atoms with van der Waals surface area (Å²) < 4.78 is 2.18. The standard InChI is InChI=1S/C18H16ClN5S/c1-2-20-18-23-22-16(25-18)11-24-15-6-4-3-5-14(15)21-17(24)12-7-9-13(19)10-8-12/h3-10H,2,11H2,1H3,(H,20,23). The minimum Gasteiger partial charge on any atom is -0.360 e. The first-order valence-corrected chi connectivity index (χ1v) is 9.21. The molecule has 4 aromatic rings. The number of halogens is 1. The van der Waals surface area contributed by atoms with Crippen molar-refractivity contribution in [3.8, 4) is 11.4 Å². The lowest BCUT2D eigenvalue weighted by molar-refractivity contribution is 0.808. The Kier molecular flexibility index (Phi) is 4.38. The number of hydrogen-bond acceptors (Lipinski definition) is 5. The van der Waals surface area contributed by atoms with Gasteiger partial charge in [0.25, 0.3) is 0 Å². The lowest BCUT2D eigenvalue weighted by Gasteiger charge is -2.07. The van der Waals surface area contributed by atoms with Crippen LogP contribution in [-0.2, 0) is 6.54 Å². The zero-order valence-electron chi connectivity index (χ0n) is 13.6. The maximum absolute atomic E-state index is 6.03. The maximum Gasteiger partial charge on any atom is 0.205 e. The number of anilines is 1. The largest absolute Gasteiger partial charge is 0.360 e. The van der Waals surface area contributed by atoms with Crippen LogP contribution in [-0.4, -0.2) is 26.3 Å². The van der Waals surface area contributed by atoms with E-state index in [1.54, 1.807) is 11.3 Å². The first-order valence-electron chi connectivity index (χ1n) is 8.02. The van der Waals surface area contributed by atoms with Crippen LogP contribution in [0.15, 0.2) is 48.5 Å². The molecule has 0 atom stereocenters. The second kappa shape index (κ2) is 6.82. The summed E-state index contributed by atoms with van der Waals surface area (Å²) in [4.78, 5) is 4.81. The third-order valence-electron chi connectivity index (χ3n) is 3.85. The molecular formula is C18H16ClN5S. The van der Waals surface area contributed by atoms with Crippen LogP contribution in [0.3, 0.4) is 0 Å². The van der Waals surface area contributed by atoms with Gasteiger partial charge >= 0.3 is 0 Å². The van der Waals surface area contributed by atoms with Crippen LogP contribution in [0.5, 0.6) is 0 Å². The zero-order valence-corrected chi connectivity index (χ0v) is 15.2. The van der Waals surface area contributed by atoms with Crippen molar-refractivity contribution in [2.24, 2.45) is 0 Å². The van der Waals surface area contributed by atoms with Crippen LogP contribution in [0.4, 0.5) is 5.13 Å². The van der Waals surface area contributed by atoms with Crippen molar-refractivity contribution >= 4 is 39.1 Å². The first-order chi connectivity index (χ1) is 12.2. The van der Waals surface area contributed by atoms with Crippen molar-refractivity contribution in [1.29, 1.82) is 0 Å². The second-order valence-corrected chi connectivity index (χ2v) is 7.05. The number of para-hydroxylation sites is 2. The number of aromatic nitrogens is 4. The SMILES string of the molecule is CCNc1nnc(Cn2c(-c3ccc(Cl)cc3)nc3ccccc32)s1. The van der Waals surface area contributed by atoms with E-state index in [1.807, 2.05) is 49.4 Å². The molecule has 0 saturated carbocycles. The molecule has 2 heterocycles. The van der Waals surface area contributed by atoms with Crippen LogP contribution in [0.25, 0.3) is 22.4 Å². The number of imidazole rings is 1.